The van der Waals surface area contributed by atoms with Crippen molar-refractivity contribution in [2.75, 3.05) is 18.5 Å². The highest BCUT2D eigenvalue weighted by Crippen LogP contribution is 2.34. The molecule has 6 nitrogen and oxygen atoms in total. The lowest BCUT2D eigenvalue weighted by molar-refractivity contribution is -0.143. The molecular weight excluding hydrogens is 380 g/mol. The summed E-state index contributed by atoms with van der Waals surface area (Å²) in [4.78, 5) is 15.8. The zero-order valence-corrected chi connectivity index (χ0v) is 16.6. The van der Waals surface area contributed by atoms with E-state index < -0.39 is 5.97 Å². The Kier molecular flexibility index (Phi) is 4.91. The number of ether oxygens (including phenoxy) is 2. The van der Waals surface area contributed by atoms with Crippen molar-refractivity contribution in [1.29, 1.82) is 0 Å². The number of nitrogens with one attached hydrogen (secondary N) is 1. The van der Waals surface area contributed by atoms with E-state index in [4.69, 9.17) is 14.6 Å². The summed E-state index contributed by atoms with van der Waals surface area (Å²) in [5.74, 6) is 0.549. The van der Waals surface area contributed by atoms with E-state index in [9.17, 15) is 4.79 Å². The van der Waals surface area contributed by atoms with Crippen LogP contribution < -0.4 is 14.8 Å². The van der Waals surface area contributed by atoms with Crippen LogP contribution in [0.3, 0.4) is 0 Å². The maximum absolute atomic E-state index is 11.1. The molecule has 0 saturated heterocycles. The van der Waals surface area contributed by atoms with E-state index in [1.807, 2.05) is 18.2 Å². The van der Waals surface area contributed by atoms with Gasteiger partial charge in [-0.3, -0.25) is 4.79 Å². The fraction of sp³-hybridized carbons (Fsp3) is 0.333. The molecule has 2 aromatic carbocycles. The van der Waals surface area contributed by atoms with Crippen LogP contribution in [0.25, 0.3) is 22.0 Å². The zero-order valence-electron chi connectivity index (χ0n) is 16.6. The molecule has 0 unspecified atom stereocenters. The number of carboxylic acids is 1. The van der Waals surface area contributed by atoms with Gasteiger partial charge in [-0.15, -0.1) is 0 Å². The monoisotopic (exact) mass is 404 g/mol. The predicted molar refractivity (Wildman–Crippen MR) is 115 cm³/mol. The third-order valence-corrected chi connectivity index (χ3v) is 5.96. The van der Waals surface area contributed by atoms with Crippen LogP contribution in [0.2, 0.25) is 0 Å². The van der Waals surface area contributed by atoms with Gasteiger partial charge in [0.05, 0.1) is 17.1 Å². The van der Waals surface area contributed by atoms with Gasteiger partial charge in [-0.2, -0.15) is 0 Å². The molecule has 30 heavy (non-hydrogen) atoms. The molecule has 3 aromatic rings. The Morgan fingerprint density at radius 2 is 1.83 bits per heavy atom. The molecule has 0 amide bonds. The second-order valence-electron chi connectivity index (χ2n) is 7.97. The topological polar surface area (TPSA) is 80.7 Å². The summed E-state index contributed by atoms with van der Waals surface area (Å²) in [6, 6.07) is 16.4. The van der Waals surface area contributed by atoms with Gasteiger partial charge in [0.25, 0.3) is 0 Å². The quantitative estimate of drug-likeness (QED) is 0.654. The van der Waals surface area contributed by atoms with Crippen molar-refractivity contribution >= 4 is 22.6 Å². The number of carbonyl (C=O) groups is 1. The number of anilines is 1. The van der Waals surface area contributed by atoms with E-state index in [1.54, 1.807) is 0 Å². The highest BCUT2D eigenvalue weighted by atomic mass is 16.5. The molecule has 1 saturated carbocycles. The second kappa shape index (κ2) is 7.86. The molecule has 0 radical (unpaired) electrons. The molecule has 154 valence electrons. The number of hydrogen-bond acceptors (Lipinski definition) is 5. The molecule has 1 aliphatic heterocycles. The number of aliphatic carboxylic acids is 1. The predicted octanol–water partition coefficient (Wildman–Crippen LogP) is 4.73. The Labute approximate surface area is 174 Å². The molecule has 1 aliphatic carbocycles. The molecule has 0 bridgehead atoms. The highest BCUT2D eigenvalue weighted by molar-refractivity contribution is 5.85. The van der Waals surface area contributed by atoms with Crippen LogP contribution in [-0.4, -0.2) is 35.3 Å². The van der Waals surface area contributed by atoms with Gasteiger partial charge in [-0.05, 0) is 67.1 Å². The first-order valence-corrected chi connectivity index (χ1v) is 10.5. The molecule has 5 rings (SSSR count). The van der Waals surface area contributed by atoms with Crippen LogP contribution in [-0.2, 0) is 4.79 Å². The van der Waals surface area contributed by atoms with Gasteiger partial charge >= 0.3 is 5.97 Å². The van der Waals surface area contributed by atoms with Crippen molar-refractivity contribution < 1.29 is 19.4 Å². The fourth-order valence-corrected chi connectivity index (χ4v) is 4.26. The van der Waals surface area contributed by atoms with Crippen molar-refractivity contribution in [1.82, 2.24) is 4.98 Å². The van der Waals surface area contributed by atoms with Gasteiger partial charge in [0.1, 0.15) is 18.5 Å². The van der Waals surface area contributed by atoms with Crippen molar-refractivity contribution in [3.63, 3.8) is 0 Å². The Hall–Kier alpha value is -3.28. The van der Waals surface area contributed by atoms with E-state index in [0.29, 0.717) is 25.3 Å². The van der Waals surface area contributed by atoms with E-state index in [0.717, 1.165) is 52.9 Å². The largest absolute Gasteiger partial charge is 0.490 e. The smallest absolute Gasteiger partial charge is 0.306 e. The van der Waals surface area contributed by atoms with Gasteiger partial charge in [0.2, 0.25) is 5.88 Å². The zero-order chi connectivity index (χ0) is 20.5. The van der Waals surface area contributed by atoms with Gasteiger partial charge in [-0.25, -0.2) is 4.98 Å². The average Bonchev–Trinajstić information content (AvgIpc) is 2.79. The molecule has 2 aliphatic rings. The Morgan fingerprint density at radius 1 is 1.03 bits per heavy atom. The number of carboxylic acid groups (broad SMARTS) is 1. The van der Waals surface area contributed by atoms with Crippen LogP contribution in [0.15, 0.2) is 48.5 Å². The number of rotatable bonds is 4. The summed E-state index contributed by atoms with van der Waals surface area (Å²) in [6.07, 6.45) is 2.87. The SMILES string of the molecule is O=C(O)C1CCC(Oc2ccc3cc(-c4ccc5c(c4)OCCN5)ccc3n2)CC1. The lowest BCUT2D eigenvalue weighted by atomic mass is 9.87. The molecule has 6 heteroatoms. The Balaban J connectivity index is 1.33. The van der Waals surface area contributed by atoms with Gasteiger partial charge in [0, 0.05) is 18.0 Å². The summed E-state index contributed by atoms with van der Waals surface area (Å²) in [7, 11) is 0. The first kappa shape index (κ1) is 18.7. The van der Waals surface area contributed by atoms with Crippen molar-refractivity contribution in [2.24, 2.45) is 5.92 Å². The Morgan fingerprint density at radius 3 is 2.67 bits per heavy atom. The number of benzene rings is 2. The molecule has 0 atom stereocenters. The number of pyridine rings is 1. The van der Waals surface area contributed by atoms with Crippen molar-refractivity contribution in [3.05, 3.63) is 48.5 Å². The van der Waals surface area contributed by atoms with Crippen LogP contribution in [0.5, 0.6) is 11.6 Å². The highest BCUT2D eigenvalue weighted by Gasteiger charge is 2.27. The minimum atomic E-state index is -0.699. The van der Waals surface area contributed by atoms with Gasteiger partial charge < -0.3 is 19.9 Å². The van der Waals surface area contributed by atoms with Crippen molar-refractivity contribution in [3.8, 4) is 22.8 Å². The lowest BCUT2D eigenvalue weighted by Crippen LogP contribution is -2.28. The molecular formula is C24H24N2O4. The van der Waals surface area contributed by atoms with E-state index >= 15 is 0 Å². The summed E-state index contributed by atoms with van der Waals surface area (Å²) >= 11 is 0. The van der Waals surface area contributed by atoms with Crippen LogP contribution >= 0.6 is 0 Å². The first-order chi connectivity index (χ1) is 14.7. The maximum atomic E-state index is 11.1. The fourth-order valence-electron chi connectivity index (χ4n) is 4.26. The maximum Gasteiger partial charge on any atom is 0.306 e. The van der Waals surface area contributed by atoms with Crippen LogP contribution in [0.4, 0.5) is 5.69 Å². The van der Waals surface area contributed by atoms with Crippen molar-refractivity contribution in [2.45, 2.75) is 31.8 Å². The molecule has 1 aromatic heterocycles. The second-order valence-corrected chi connectivity index (χ2v) is 7.97. The first-order valence-electron chi connectivity index (χ1n) is 10.5. The number of aromatic nitrogens is 1. The van der Waals surface area contributed by atoms with Crippen LogP contribution in [0, 0.1) is 5.92 Å². The minimum absolute atomic E-state index is 0.0360. The molecule has 0 spiro atoms. The molecule has 2 heterocycles. The third-order valence-electron chi connectivity index (χ3n) is 5.96. The lowest BCUT2D eigenvalue weighted by Gasteiger charge is -2.26. The summed E-state index contributed by atoms with van der Waals surface area (Å²) < 4.78 is 11.8. The minimum Gasteiger partial charge on any atom is -0.490 e. The van der Waals surface area contributed by atoms with E-state index in [1.165, 1.54) is 0 Å². The molecule has 1 fully saturated rings. The van der Waals surface area contributed by atoms with Crippen LogP contribution in [0.1, 0.15) is 25.7 Å². The number of hydrogen-bond donors (Lipinski definition) is 2. The normalized spacial score (nSPS) is 20.7. The Bertz CT molecular complexity index is 1090. The van der Waals surface area contributed by atoms with Gasteiger partial charge in [-0.1, -0.05) is 12.1 Å². The average molecular weight is 404 g/mol. The van der Waals surface area contributed by atoms with E-state index in [-0.39, 0.29) is 12.0 Å². The van der Waals surface area contributed by atoms with Gasteiger partial charge in [0.15, 0.2) is 0 Å². The summed E-state index contributed by atoms with van der Waals surface area (Å²) in [5.41, 5.74) is 4.13. The standard InChI is InChI=1S/C24H24N2O4/c27-24(28)15-1-6-19(7-2-15)30-23-10-5-18-13-16(3-8-20(18)26-23)17-4-9-21-22(14-17)29-12-11-25-21/h3-5,8-10,13-15,19,25H,1-2,6-7,11-12H2,(H,27,28). The third kappa shape index (κ3) is 3.77. The summed E-state index contributed by atoms with van der Waals surface area (Å²) in [6.45, 7) is 1.51. The number of fused-ring (bicyclic) bond motifs is 2. The number of nitrogens with zero attached hydrogens (tertiary/aromatic N) is 1. The molecule has 2 N–H and O–H groups in total. The van der Waals surface area contributed by atoms with E-state index in [2.05, 4.69) is 40.6 Å². The summed E-state index contributed by atoms with van der Waals surface area (Å²) in [5, 5.41) is 13.5.